The van der Waals surface area contributed by atoms with Crippen LogP contribution in [0.15, 0.2) is 0 Å². The van der Waals surface area contributed by atoms with Crippen molar-refractivity contribution in [3.05, 3.63) is 0 Å². The van der Waals surface area contributed by atoms with Crippen molar-refractivity contribution in [3.63, 3.8) is 0 Å². The molecule has 0 aromatic rings. The second-order valence-corrected chi connectivity index (χ2v) is 10.7. The predicted molar refractivity (Wildman–Crippen MR) is 151 cm³/mol. The van der Waals surface area contributed by atoms with Gasteiger partial charge in [-0.1, -0.05) is 180 Å². The zero-order valence-corrected chi connectivity index (χ0v) is 23.4. The van der Waals surface area contributed by atoms with E-state index >= 15 is 0 Å². The van der Waals surface area contributed by atoms with Crippen LogP contribution < -0.4 is 0 Å². The monoisotopic (exact) mass is 482 g/mol. The molecule has 0 spiro atoms. The van der Waals surface area contributed by atoms with Crippen molar-refractivity contribution in [2.24, 2.45) is 0 Å². The highest BCUT2D eigenvalue weighted by molar-refractivity contribution is 6.32. The lowest BCUT2D eigenvalue weighted by Crippen LogP contribution is -2.17. The first-order valence-electron chi connectivity index (χ1n) is 15.7. The summed E-state index contributed by atoms with van der Waals surface area (Å²) >= 11 is 0. The highest BCUT2D eigenvalue weighted by Gasteiger charge is 2.06. The molecule has 0 fully saturated rings. The maximum absolute atomic E-state index is 8.59. The maximum atomic E-state index is 8.59. The van der Waals surface area contributed by atoms with Gasteiger partial charge >= 0.3 is 7.32 Å². The lowest BCUT2D eigenvalue weighted by atomic mass is 10.0. The molecule has 0 aromatic carbocycles. The van der Waals surface area contributed by atoms with Gasteiger partial charge in [0.15, 0.2) is 0 Å². The van der Waals surface area contributed by atoms with Crippen LogP contribution in [-0.4, -0.2) is 24.0 Å². The largest absolute Gasteiger partial charge is 0.633 e. The van der Waals surface area contributed by atoms with Gasteiger partial charge in [0.05, 0.1) is 0 Å². The van der Waals surface area contributed by atoms with Gasteiger partial charge in [-0.15, -0.1) is 0 Å². The first-order valence-corrected chi connectivity index (χ1v) is 15.7. The molecule has 2 N–H and O–H groups in total. The SMILES string of the molecule is CCCCCCCCCCCCCCCCCCCCCCCCCCCCCCOB(O)O. The second-order valence-electron chi connectivity index (χ2n) is 10.7. The Kier molecular flexibility index (Phi) is 30.9. The molecule has 0 aliphatic rings. The van der Waals surface area contributed by atoms with E-state index in [9.17, 15) is 0 Å². The molecular formula is C30H63BO3. The van der Waals surface area contributed by atoms with Crippen LogP contribution in [0.2, 0.25) is 0 Å². The molecule has 0 unspecified atom stereocenters. The van der Waals surface area contributed by atoms with Gasteiger partial charge in [-0.2, -0.15) is 0 Å². The van der Waals surface area contributed by atoms with Crippen LogP contribution in [0, 0.1) is 0 Å². The Morgan fingerprint density at radius 2 is 0.559 bits per heavy atom. The number of hydrogen-bond acceptors (Lipinski definition) is 3. The van der Waals surface area contributed by atoms with E-state index in [0.717, 1.165) is 12.8 Å². The van der Waals surface area contributed by atoms with Crippen molar-refractivity contribution in [2.45, 2.75) is 187 Å². The fraction of sp³-hybridized carbons (Fsp3) is 1.00. The summed E-state index contributed by atoms with van der Waals surface area (Å²) in [6.07, 6.45) is 39.3. The topological polar surface area (TPSA) is 49.7 Å². The Morgan fingerprint density at radius 3 is 0.765 bits per heavy atom. The molecule has 0 bridgehead atoms. The fourth-order valence-electron chi connectivity index (χ4n) is 4.96. The third-order valence-corrected chi connectivity index (χ3v) is 7.26. The van der Waals surface area contributed by atoms with E-state index in [0.29, 0.717) is 6.61 Å². The Balaban J connectivity index is 3.00. The lowest BCUT2D eigenvalue weighted by Gasteiger charge is -2.05. The third-order valence-electron chi connectivity index (χ3n) is 7.26. The first-order chi connectivity index (χ1) is 16.8. The third kappa shape index (κ3) is 31.9. The molecule has 0 aliphatic carbocycles. The lowest BCUT2D eigenvalue weighted by molar-refractivity contribution is 0.182. The molecule has 0 saturated carbocycles. The normalized spacial score (nSPS) is 11.4. The van der Waals surface area contributed by atoms with Gasteiger partial charge in [0, 0.05) is 6.61 Å². The Labute approximate surface area is 215 Å². The zero-order chi connectivity index (χ0) is 24.8. The van der Waals surface area contributed by atoms with E-state index in [-0.39, 0.29) is 0 Å². The van der Waals surface area contributed by atoms with Crippen molar-refractivity contribution >= 4 is 7.32 Å². The number of rotatable bonds is 30. The van der Waals surface area contributed by atoms with E-state index in [2.05, 4.69) is 6.92 Å². The van der Waals surface area contributed by atoms with Crippen LogP contribution in [-0.2, 0) is 4.65 Å². The van der Waals surface area contributed by atoms with E-state index < -0.39 is 7.32 Å². The highest BCUT2D eigenvalue weighted by atomic mass is 16.6. The standard InChI is InChI=1S/C30H63BO3/c1-2-3-4-5-6-7-8-9-10-11-12-13-14-15-16-17-18-19-20-21-22-23-24-25-26-27-28-29-30-34-31(32)33/h32-33H,2-30H2,1H3. The number of hydrogen-bond donors (Lipinski definition) is 2. The molecule has 3 nitrogen and oxygen atoms in total. The molecule has 0 aliphatic heterocycles. The summed E-state index contributed by atoms with van der Waals surface area (Å²) in [6.45, 7) is 2.75. The van der Waals surface area contributed by atoms with Crippen LogP contribution in [0.3, 0.4) is 0 Å². The van der Waals surface area contributed by atoms with E-state index in [1.165, 1.54) is 167 Å². The van der Waals surface area contributed by atoms with Gasteiger partial charge in [-0.25, -0.2) is 0 Å². The Morgan fingerprint density at radius 1 is 0.353 bits per heavy atom. The van der Waals surface area contributed by atoms with Crippen LogP contribution in [0.25, 0.3) is 0 Å². The smallest absolute Gasteiger partial charge is 0.402 e. The number of unbranched alkanes of at least 4 members (excludes halogenated alkanes) is 27. The van der Waals surface area contributed by atoms with E-state index in [1.807, 2.05) is 0 Å². The van der Waals surface area contributed by atoms with Gasteiger partial charge in [0.1, 0.15) is 0 Å². The van der Waals surface area contributed by atoms with Gasteiger partial charge in [-0.3, -0.25) is 0 Å². The zero-order valence-electron chi connectivity index (χ0n) is 23.4. The van der Waals surface area contributed by atoms with Crippen LogP contribution in [0.4, 0.5) is 0 Å². The second kappa shape index (κ2) is 31.0. The predicted octanol–water partition coefficient (Wildman–Crippen LogP) is 9.92. The molecule has 0 atom stereocenters. The first kappa shape index (κ1) is 33.9. The van der Waals surface area contributed by atoms with Crippen LogP contribution in [0.1, 0.15) is 187 Å². The summed E-state index contributed by atoms with van der Waals surface area (Å²) in [5.74, 6) is 0. The van der Waals surface area contributed by atoms with Gasteiger partial charge in [0.25, 0.3) is 0 Å². The Hall–Kier alpha value is -0.0551. The van der Waals surface area contributed by atoms with Crippen LogP contribution in [0.5, 0.6) is 0 Å². The van der Waals surface area contributed by atoms with Crippen molar-refractivity contribution < 1.29 is 14.7 Å². The highest BCUT2D eigenvalue weighted by Crippen LogP contribution is 2.16. The van der Waals surface area contributed by atoms with Gasteiger partial charge < -0.3 is 14.7 Å². The fourth-order valence-corrected chi connectivity index (χ4v) is 4.96. The molecule has 0 amide bonds. The molecule has 34 heavy (non-hydrogen) atoms. The van der Waals surface area contributed by atoms with E-state index in [1.54, 1.807) is 0 Å². The van der Waals surface area contributed by atoms with Gasteiger partial charge in [-0.05, 0) is 6.42 Å². The molecule has 0 radical (unpaired) electrons. The molecular weight excluding hydrogens is 419 g/mol. The average molecular weight is 483 g/mol. The average Bonchev–Trinajstić information content (AvgIpc) is 2.83. The Bertz CT molecular complexity index is 352. The van der Waals surface area contributed by atoms with Crippen molar-refractivity contribution in [2.75, 3.05) is 6.61 Å². The summed E-state index contributed by atoms with van der Waals surface area (Å²) in [7, 11) is -1.60. The summed E-state index contributed by atoms with van der Waals surface area (Å²) < 4.78 is 4.71. The van der Waals surface area contributed by atoms with Crippen molar-refractivity contribution in [1.29, 1.82) is 0 Å². The summed E-state index contributed by atoms with van der Waals surface area (Å²) in [5, 5.41) is 17.2. The van der Waals surface area contributed by atoms with Gasteiger partial charge in [0.2, 0.25) is 0 Å². The molecule has 0 heterocycles. The van der Waals surface area contributed by atoms with Crippen LogP contribution >= 0.6 is 0 Å². The molecule has 0 aromatic heterocycles. The quantitative estimate of drug-likeness (QED) is 0.0791. The molecule has 0 rings (SSSR count). The molecule has 204 valence electrons. The minimum absolute atomic E-state index is 0.455. The van der Waals surface area contributed by atoms with Crippen molar-refractivity contribution in [3.8, 4) is 0 Å². The van der Waals surface area contributed by atoms with Crippen molar-refractivity contribution in [1.82, 2.24) is 0 Å². The summed E-state index contributed by atoms with van der Waals surface area (Å²) in [4.78, 5) is 0. The van der Waals surface area contributed by atoms with E-state index in [4.69, 9.17) is 14.7 Å². The summed E-state index contributed by atoms with van der Waals surface area (Å²) in [5.41, 5.74) is 0. The summed E-state index contributed by atoms with van der Waals surface area (Å²) in [6, 6.07) is 0. The minimum Gasteiger partial charge on any atom is -0.402 e. The maximum Gasteiger partial charge on any atom is 0.633 e. The molecule has 0 saturated heterocycles. The minimum atomic E-state index is -1.60. The molecule has 4 heteroatoms.